The van der Waals surface area contributed by atoms with E-state index in [0.29, 0.717) is 5.92 Å². The fourth-order valence-corrected chi connectivity index (χ4v) is 4.73. The lowest BCUT2D eigenvalue weighted by atomic mass is 9.89. The summed E-state index contributed by atoms with van der Waals surface area (Å²) in [7, 11) is 0. The fraction of sp³-hybridized carbons (Fsp3) is 0.387. The number of pyridine rings is 1. The molecule has 3 aromatic rings. The molecule has 194 valence electrons. The number of rotatable bonds is 11. The number of likely N-dealkylation sites (tertiary alicyclic amines) is 1. The van der Waals surface area contributed by atoms with Crippen LogP contribution in [-0.2, 0) is 4.79 Å². The first-order valence-corrected chi connectivity index (χ1v) is 13.5. The zero-order chi connectivity index (χ0) is 25.9. The highest BCUT2D eigenvalue weighted by molar-refractivity contribution is 6.00. The number of carbonyl (C=O) groups is 1. The Labute approximate surface area is 221 Å². The minimum absolute atomic E-state index is 0.0325. The molecule has 37 heavy (non-hydrogen) atoms. The van der Waals surface area contributed by atoms with Crippen molar-refractivity contribution in [3.8, 4) is 0 Å². The standard InChI is InChI=1S/C31H39N5O/c1-3-24(2)31(37)33-28-14-9-13-27(23-28)25-17-21-36(22-18-25)20-10-15-29(26-11-5-4-6-12-26)34-35-30-16-7-8-19-32-30/h4-9,11-14,16,19,23-25H,3,10,15,17-18,20-22H2,1-2H3,(H,32,35)(H,33,37)/b34-29+. The first kappa shape index (κ1) is 26.6. The zero-order valence-corrected chi connectivity index (χ0v) is 22.1. The molecule has 6 heteroatoms. The second kappa shape index (κ2) is 13.7. The summed E-state index contributed by atoms with van der Waals surface area (Å²) in [5.74, 6) is 1.43. The van der Waals surface area contributed by atoms with Crippen molar-refractivity contribution in [2.75, 3.05) is 30.4 Å². The molecule has 2 heterocycles. The van der Waals surface area contributed by atoms with Crippen LogP contribution in [0.2, 0.25) is 0 Å². The Balaban J connectivity index is 1.27. The molecular weight excluding hydrogens is 458 g/mol. The molecular formula is C31H39N5O. The monoisotopic (exact) mass is 497 g/mol. The highest BCUT2D eigenvalue weighted by Gasteiger charge is 2.21. The van der Waals surface area contributed by atoms with E-state index in [1.807, 2.05) is 44.2 Å². The number of hydrogen-bond acceptors (Lipinski definition) is 5. The molecule has 0 spiro atoms. The van der Waals surface area contributed by atoms with Gasteiger partial charge in [0.15, 0.2) is 0 Å². The van der Waals surface area contributed by atoms with Crippen LogP contribution in [0.1, 0.15) is 63.0 Å². The van der Waals surface area contributed by atoms with Crippen LogP contribution in [-0.4, -0.2) is 41.1 Å². The van der Waals surface area contributed by atoms with Crippen molar-refractivity contribution in [2.45, 2.75) is 51.9 Å². The summed E-state index contributed by atoms with van der Waals surface area (Å²) in [6, 6.07) is 24.6. The second-order valence-electron chi connectivity index (χ2n) is 9.89. The highest BCUT2D eigenvalue weighted by atomic mass is 16.1. The van der Waals surface area contributed by atoms with Gasteiger partial charge in [-0.15, -0.1) is 0 Å². The third kappa shape index (κ3) is 7.99. The van der Waals surface area contributed by atoms with Gasteiger partial charge in [0, 0.05) is 17.8 Å². The van der Waals surface area contributed by atoms with Crippen molar-refractivity contribution in [1.82, 2.24) is 9.88 Å². The lowest BCUT2D eigenvalue weighted by Crippen LogP contribution is -2.34. The van der Waals surface area contributed by atoms with E-state index in [2.05, 4.69) is 63.1 Å². The van der Waals surface area contributed by atoms with Crippen LogP contribution in [0.5, 0.6) is 0 Å². The predicted octanol–water partition coefficient (Wildman–Crippen LogP) is 6.54. The normalized spacial score (nSPS) is 15.8. The molecule has 4 rings (SSSR count). The number of nitrogens with zero attached hydrogens (tertiary/aromatic N) is 3. The molecule has 0 aliphatic carbocycles. The van der Waals surface area contributed by atoms with Gasteiger partial charge in [-0.25, -0.2) is 4.98 Å². The maximum absolute atomic E-state index is 12.3. The molecule has 6 nitrogen and oxygen atoms in total. The molecule has 1 unspecified atom stereocenters. The lowest BCUT2D eigenvalue weighted by Gasteiger charge is -2.32. The van der Waals surface area contributed by atoms with E-state index in [9.17, 15) is 4.79 Å². The molecule has 1 aromatic heterocycles. The number of nitrogens with one attached hydrogen (secondary N) is 2. The number of carbonyl (C=O) groups excluding carboxylic acids is 1. The third-order valence-corrected chi connectivity index (χ3v) is 7.24. The first-order chi connectivity index (χ1) is 18.1. The summed E-state index contributed by atoms with van der Waals surface area (Å²) in [5, 5.41) is 7.78. The van der Waals surface area contributed by atoms with Gasteiger partial charge in [0.1, 0.15) is 5.82 Å². The maximum atomic E-state index is 12.3. The Hall–Kier alpha value is -3.51. The van der Waals surface area contributed by atoms with Gasteiger partial charge in [0.25, 0.3) is 0 Å². The molecule has 0 saturated carbocycles. The summed E-state index contributed by atoms with van der Waals surface area (Å²) in [6.07, 6.45) is 6.86. The highest BCUT2D eigenvalue weighted by Crippen LogP contribution is 2.30. The molecule has 1 aliphatic rings. The molecule has 1 aliphatic heterocycles. The number of hydrazone groups is 1. The fourth-order valence-electron chi connectivity index (χ4n) is 4.73. The number of amides is 1. The quantitative estimate of drug-likeness (QED) is 0.233. The zero-order valence-electron chi connectivity index (χ0n) is 22.1. The van der Waals surface area contributed by atoms with Crippen LogP contribution in [0.4, 0.5) is 11.5 Å². The van der Waals surface area contributed by atoms with E-state index >= 15 is 0 Å². The number of hydrogen-bond donors (Lipinski definition) is 2. The molecule has 1 fully saturated rings. The Morgan fingerprint density at radius 3 is 2.57 bits per heavy atom. The molecule has 2 N–H and O–H groups in total. The Bertz CT molecular complexity index is 1140. The van der Waals surface area contributed by atoms with Gasteiger partial charge < -0.3 is 10.2 Å². The van der Waals surface area contributed by atoms with Crippen LogP contribution in [0.25, 0.3) is 0 Å². The lowest BCUT2D eigenvalue weighted by molar-refractivity contribution is -0.119. The number of aromatic nitrogens is 1. The van der Waals surface area contributed by atoms with Crippen LogP contribution in [0.3, 0.4) is 0 Å². The predicted molar refractivity (Wildman–Crippen MR) is 153 cm³/mol. The van der Waals surface area contributed by atoms with E-state index in [0.717, 1.165) is 74.5 Å². The Morgan fingerprint density at radius 1 is 1.05 bits per heavy atom. The van der Waals surface area contributed by atoms with Gasteiger partial charge in [0.05, 0.1) is 5.71 Å². The average Bonchev–Trinajstić information content (AvgIpc) is 2.96. The number of piperidine rings is 1. The van der Waals surface area contributed by atoms with Gasteiger partial charge in [-0.3, -0.25) is 10.2 Å². The van der Waals surface area contributed by atoms with Gasteiger partial charge in [-0.05, 0) is 93.0 Å². The molecule has 1 saturated heterocycles. The van der Waals surface area contributed by atoms with Gasteiger partial charge in [0.2, 0.25) is 5.91 Å². The smallest absolute Gasteiger partial charge is 0.227 e. The van der Waals surface area contributed by atoms with Gasteiger partial charge in [-0.2, -0.15) is 5.10 Å². The van der Waals surface area contributed by atoms with Crippen molar-refractivity contribution in [1.29, 1.82) is 0 Å². The van der Waals surface area contributed by atoms with E-state index in [1.54, 1.807) is 6.20 Å². The van der Waals surface area contributed by atoms with Crippen LogP contribution in [0, 0.1) is 5.92 Å². The summed E-state index contributed by atoms with van der Waals surface area (Å²) < 4.78 is 0. The van der Waals surface area contributed by atoms with Gasteiger partial charge in [-0.1, -0.05) is 62.4 Å². The second-order valence-corrected chi connectivity index (χ2v) is 9.89. The van der Waals surface area contributed by atoms with Crippen molar-refractivity contribution >= 4 is 23.1 Å². The summed E-state index contributed by atoms with van der Waals surface area (Å²) in [6.45, 7) is 7.27. The van der Waals surface area contributed by atoms with Crippen molar-refractivity contribution in [2.24, 2.45) is 11.0 Å². The molecule has 1 atom stereocenters. The molecule has 2 aromatic carbocycles. The maximum Gasteiger partial charge on any atom is 0.227 e. The van der Waals surface area contributed by atoms with Crippen molar-refractivity contribution in [3.05, 3.63) is 90.1 Å². The van der Waals surface area contributed by atoms with Crippen molar-refractivity contribution in [3.63, 3.8) is 0 Å². The first-order valence-electron chi connectivity index (χ1n) is 13.5. The third-order valence-electron chi connectivity index (χ3n) is 7.24. The number of anilines is 2. The summed E-state index contributed by atoms with van der Waals surface area (Å²) >= 11 is 0. The Kier molecular flexibility index (Phi) is 9.83. The van der Waals surface area contributed by atoms with E-state index < -0.39 is 0 Å². The molecule has 1 amide bonds. The van der Waals surface area contributed by atoms with E-state index in [-0.39, 0.29) is 11.8 Å². The van der Waals surface area contributed by atoms with Gasteiger partial charge >= 0.3 is 0 Å². The molecule has 0 radical (unpaired) electrons. The largest absolute Gasteiger partial charge is 0.326 e. The van der Waals surface area contributed by atoms with E-state index in [4.69, 9.17) is 5.10 Å². The number of benzene rings is 2. The minimum atomic E-state index is 0.0325. The Morgan fingerprint density at radius 2 is 1.84 bits per heavy atom. The molecule has 0 bridgehead atoms. The summed E-state index contributed by atoms with van der Waals surface area (Å²) in [5.41, 5.74) is 7.56. The topological polar surface area (TPSA) is 69.6 Å². The van der Waals surface area contributed by atoms with Crippen LogP contribution < -0.4 is 10.7 Å². The average molecular weight is 498 g/mol. The SMILES string of the molecule is CCC(C)C(=O)Nc1cccc(C2CCN(CCC/C(=N\Nc3ccccn3)c3ccccc3)CC2)c1. The van der Waals surface area contributed by atoms with Crippen LogP contribution in [0.15, 0.2) is 84.1 Å². The van der Waals surface area contributed by atoms with Crippen LogP contribution >= 0.6 is 0 Å². The summed E-state index contributed by atoms with van der Waals surface area (Å²) in [4.78, 5) is 19.2. The van der Waals surface area contributed by atoms with Crippen molar-refractivity contribution < 1.29 is 4.79 Å². The van der Waals surface area contributed by atoms with E-state index in [1.165, 1.54) is 5.56 Å². The minimum Gasteiger partial charge on any atom is -0.326 e.